The lowest BCUT2D eigenvalue weighted by atomic mass is 9.71. The van der Waals surface area contributed by atoms with E-state index in [4.69, 9.17) is 0 Å². The number of nitrogens with zero attached hydrogens (tertiary/aromatic N) is 1. The van der Waals surface area contributed by atoms with Gasteiger partial charge in [-0.25, -0.2) is 4.98 Å². The van der Waals surface area contributed by atoms with Gasteiger partial charge in [0.15, 0.2) is 0 Å². The summed E-state index contributed by atoms with van der Waals surface area (Å²) in [5.41, 5.74) is 1.70. The SMILES string of the molecule is C=C(C)C(CC)C1CCC(Cc2cc(C(F)(F)F)nc3ccccc23)CC1. The molecule has 1 aromatic heterocycles. The van der Waals surface area contributed by atoms with Gasteiger partial charge in [-0.1, -0.05) is 37.3 Å². The summed E-state index contributed by atoms with van der Waals surface area (Å²) in [5.74, 6) is 1.68. The molecule has 4 heteroatoms. The van der Waals surface area contributed by atoms with E-state index in [1.807, 2.05) is 12.1 Å². The van der Waals surface area contributed by atoms with Crippen LogP contribution in [-0.4, -0.2) is 4.98 Å². The predicted octanol–water partition coefficient (Wildman–Crippen LogP) is 7.20. The van der Waals surface area contributed by atoms with E-state index in [9.17, 15) is 13.2 Å². The molecule has 27 heavy (non-hydrogen) atoms. The van der Waals surface area contributed by atoms with Crippen molar-refractivity contribution >= 4 is 10.9 Å². The van der Waals surface area contributed by atoms with Crippen molar-refractivity contribution in [3.8, 4) is 0 Å². The van der Waals surface area contributed by atoms with Crippen LogP contribution in [0.2, 0.25) is 0 Å². The van der Waals surface area contributed by atoms with Crippen LogP contribution < -0.4 is 0 Å². The summed E-state index contributed by atoms with van der Waals surface area (Å²) < 4.78 is 39.8. The quantitative estimate of drug-likeness (QED) is 0.503. The normalized spacial score (nSPS) is 22.0. The molecule has 1 aliphatic rings. The Morgan fingerprint density at radius 3 is 2.44 bits per heavy atom. The van der Waals surface area contributed by atoms with E-state index in [2.05, 4.69) is 25.4 Å². The van der Waals surface area contributed by atoms with Gasteiger partial charge < -0.3 is 0 Å². The fourth-order valence-electron chi connectivity index (χ4n) is 4.75. The molecule has 1 saturated carbocycles. The molecule has 1 aromatic carbocycles. The third-order valence-corrected chi connectivity index (χ3v) is 6.13. The van der Waals surface area contributed by atoms with Gasteiger partial charge in [-0.2, -0.15) is 13.2 Å². The van der Waals surface area contributed by atoms with Crippen LogP contribution >= 0.6 is 0 Å². The second-order valence-electron chi connectivity index (χ2n) is 8.03. The molecule has 146 valence electrons. The summed E-state index contributed by atoms with van der Waals surface area (Å²) in [6, 6.07) is 8.43. The molecule has 1 nitrogen and oxygen atoms in total. The minimum atomic E-state index is -4.41. The van der Waals surface area contributed by atoms with Crippen molar-refractivity contribution in [2.24, 2.45) is 17.8 Å². The number of rotatable bonds is 5. The number of alkyl halides is 3. The van der Waals surface area contributed by atoms with E-state index in [-0.39, 0.29) is 0 Å². The van der Waals surface area contributed by atoms with Crippen molar-refractivity contribution in [3.05, 3.63) is 53.7 Å². The summed E-state index contributed by atoms with van der Waals surface area (Å²) in [7, 11) is 0. The maximum Gasteiger partial charge on any atom is 0.433 e. The zero-order valence-electron chi connectivity index (χ0n) is 16.1. The number of hydrogen-bond donors (Lipinski definition) is 0. The number of benzene rings is 1. The summed E-state index contributed by atoms with van der Waals surface area (Å²) >= 11 is 0. The molecule has 3 rings (SSSR count). The highest BCUT2D eigenvalue weighted by Crippen LogP contribution is 2.39. The van der Waals surface area contributed by atoms with Crippen LogP contribution in [0.15, 0.2) is 42.5 Å². The Balaban J connectivity index is 1.78. The largest absolute Gasteiger partial charge is 0.433 e. The Kier molecular flexibility index (Phi) is 5.92. The topological polar surface area (TPSA) is 12.9 Å². The Bertz CT molecular complexity index is 801. The Hall–Kier alpha value is -1.84. The molecule has 1 fully saturated rings. The first-order valence-corrected chi connectivity index (χ1v) is 9.90. The third kappa shape index (κ3) is 4.53. The molecule has 0 amide bonds. The fraction of sp³-hybridized carbons (Fsp3) is 0.522. The lowest BCUT2D eigenvalue weighted by Crippen LogP contribution is -2.23. The van der Waals surface area contributed by atoms with E-state index in [0.717, 1.165) is 43.1 Å². The molecule has 0 radical (unpaired) electrons. The number of hydrogen-bond acceptors (Lipinski definition) is 1. The van der Waals surface area contributed by atoms with Crippen LogP contribution in [0.5, 0.6) is 0 Å². The Morgan fingerprint density at radius 2 is 1.85 bits per heavy atom. The van der Waals surface area contributed by atoms with Gasteiger partial charge in [-0.15, -0.1) is 0 Å². The van der Waals surface area contributed by atoms with Gasteiger partial charge in [-0.3, -0.25) is 0 Å². The van der Waals surface area contributed by atoms with Gasteiger partial charge in [0.2, 0.25) is 0 Å². The van der Waals surface area contributed by atoms with Gasteiger partial charge >= 0.3 is 6.18 Å². The standard InChI is InChI=1S/C23H28F3N/c1-4-19(15(2)3)17-11-9-16(10-12-17)13-18-14-22(23(24,25)26)27-21-8-6-5-7-20(18)21/h5-8,14,16-17,19H,2,4,9-13H2,1,3H3. The van der Waals surface area contributed by atoms with Gasteiger partial charge in [0.25, 0.3) is 0 Å². The lowest BCUT2D eigenvalue weighted by Gasteiger charge is -2.34. The predicted molar refractivity (Wildman–Crippen MR) is 104 cm³/mol. The number of para-hydroxylation sites is 1. The van der Waals surface area contributed by atoms with E-state index in [0.29, 0.717) is 29.7 Å². The molecule has 1 atom stereocenters. The molecule has 1 unspecified atom stereocenters. The molecule has 1 aliphatic carbocycles. The highest BCUT2D eigenvalue weighted by Gasteiger charge is 2.34. The smallest absolute Gasteiger partial charge is 0.243 e. The average molecular weight is 375 g/mol. The molecular weight excluding hydrogens is 347 g/mol. The second-order valence-corrected chi connectivity index (χ2v) is 8.03. The number of halogens is 3. The molecule has 2 aromatic rings. The molecule has 1 heterocycles. The van der Waals surface area contributed by atoms with Crippen LogP contribution in [0.4, 0.5) is 13.2 Å². The molecular formula is C23H28F3N. The van der Waals surface area contributed by atoms with Gasteiger partial charge in [0.1, 0.15) is 5.69 Å². The summed E-state index contributed by atoms with van der Waals surface area (Å²) in [6.07, 6.45) is 1.85. The summed E-state index contributed by atoms with van der Waals surface area (Å²) in [6.45, 7) is 8.47. The molecule has 0 bridgehead atoms. The van der Waals surface area contributed by atoms with Crippen LogP contribution in [0.1, 0.15) is 57.2 Å². The minimum absolute atomic E-state index is 0.435. The minimum Gasteiger partial charge on any atom is -0.243 e. The first-order valence-electron chi connectivity index (χ1n) is 9.90. The van der Waals surface area contributed by atoms with Crippen molar-refractivity contribution in [3.63, 3.8) is 0 Å². The van der Waals surface area contributed by atoms with Crippen LogP contribution in [0.25, 0.3) is 10.9 Å². The maximum absolute atomic E-state index is 13.3. The number of allylic oxidation sites excluding steroid dienone is 1. The summed E-state index contributed by atoms with van der Waals surface area (Å²) in [4.78, 5) is 3.83. The van der Waals surface area contributed by atoms with E-state index < -0.39 is 11.9 Å². The van der Waals surface area contributed by atoms with Crippen molar-refractivity contribution in [2.75, 3.05) is 0 Å². The van der Waals surface area contributed by atoms with Crippen molar-refractivity contribution < 1.29 is 13.2 Å². The average Bonchev–Trinajstić information content (AvgIpc) is 2.62. The van der Waals surface area contributed by atoms with Crippen molar-refractivity contribution in [2.45, 2.75) is 58.5 Å². The van der Waals surface area contributed by atoms with Gasteiger partial charge in [0.05, 0.1) is 5.52 Å². The molecule has 0 aliphatic heterocycles. The van der Waals surface area contributed by atoms with Gasteiger partial charge in [0, 0.05) is 5.39 Å². The van der Waals surface area contributed by atoms with Crippen molar-refractivity contribution in [1.29, 1.82) is 0 Å². The number of pyridine rings is 1. The second kappa shape index (κ2) is 8.04. The van der Waals surface area contributed by atoms with E-state index in [1.165, 1.54) is 11.6 Å². The fourth-order valence-corrected chi connectivity index (χ4v) is 4.75. The third-order valence-electron chi connectivity index (χ3n) is 6.13. The van der Waals surface area contributed by atoms with Crippen LogP contribution in [-0.2, 0) is 12.6 Å². The van der Waals surface area contributed by atoms with Crippen LogP contribution in [0, 0.1) is 17.8 Å². The lowest BCUT2D eigenvalue weighted by molar-refractivity contribution is -0.141. The molecule has 0 spiro atoms. The van der Waals surface area contributed by atoms with E-state index in [1.54, 1.807) is 12.1 Å². The van der Waals surface area contributed by atoms with Crippen molar-refractivity contribution in [1.82, 2.24) is 4.98 Å². The van der Waals surface area contributed by atoms with Gasteiger partial charge in [-0.05, 0) is 80.9 Å². The maximum atomic E-state index is 13.3. The number of aromatic nitrogens is 1. The zero-order valence-corrected chi connectivity index (χ0v) is 16.1. The van der Waals surface area contributed by atoms with Crippen LogP contribution in [0.3, 0.4) is 0 Å². The summed E-state index contributed by atoms with van der Waals surface area (Å²) in [5, 5.41) is 0.848. The Labute approximate surface area is 159 Å². The first kappa shape index (κ1) is 19.9. The molecule has 0 saturated heterocycles. The first-order chi connectivity index (χ1) is 12.8. The van der Waals surface area contributed by atoms with E-state index >= 15 is 0 Å². The Morgan fingerprint density at radius 1 is 1.19 bits per heavy atom. The monoisotopic (exact) mass is 375 g/mol. The molecule has 0 N–H and O–H groups in total. The number of fused-ring (bicyclic) bond motifs is 1. The highest BCUT2D eigenvalue weighted by molar-refractivity contribution is 5.82. The zero-order chi connectivity index (χ0) is 19.6. The highest BCUT2D eigenvalue weighted by atomic mass is 19.4.